The van der Waals surface area contributed by atoms with Crippen LogP contribution < -0.4 is 4.90 Å². The van der Waals surface area contributed by atoms with E-state index in [4.69, 9.17) is 9.52 Å². The zero-order valence-electron chi connectivity index (χ0n) is 21.7. The largest absolute Gasteiger partial charge is 0.421 e. The first-order chi connectivity index (χ1) is 19.1. The molecule has 1 saturated heterocycles. The molecule has 5 aromatic rings. The van der Waals surface area contributed by atoms with E-state index in [2.05, 4.69) is 26.1 Å². The standard InChI is InChI=1S/C29H29N7O2S/c1-21-31-32-28(38-21)22-6-4-8-25(20-22)35-18-13-27(33-35)36(29(37)26-9-5-19-39-26)24-11-16-34(17-12-24)15-10-23-7-2-3-14-30-23/h2-9,13-14,18-20,24H,10-12,15-17H2,1H3. The second-order valence-electron chi connectivity index (χ2n) is 9.59. The van der Waals surface area contributed by atoms with Gasteiger partial charge in [0.1, 0.15) is 0 Å². The van der Waals surface area contributed by atoms with Crippen molar-refractivity contribution in [3.05, 3.63) is 94.9 Å². The quantitative estimate of drug-likeness (QED) is 0.273. The van der Waals surface area contributed by atoms with Crippen LogP contribution in [0.2, 0.25) is 0 Å². The molecule has 39 heavy (non-hydrogen) atoms. The highest BCUT2D eigenvalue weighted by atomic mass is 32.1. The number of anilines is 1. The van der Waals surface area contributed by atoms with Gasteiger partial charge >= 0.3 is 0 Å². The van der Waals surface area contributed by atoms with Crippen LogP contribution in [0.1, 0.15) is 34.1 Å². The average molecular weight is 540 g/mol. The van der Waals surface area contributed by atoms with E-state index in [1.54, 1.807) is 11.6 Å². The third kappa shape index (κ3) is 5.67. The van der Waals surface area contributed by atoms with Crippen LogP contribution in [-0.2, 0) is 6.42 Å². The van der Waals surface area contributed by atoms with Crippen LogP contribution in [0.5, 0.6) is 0 Å². The SMILES string of the molecule is Cc1nnc(-c2cccc(-n3ccc(N(C(=O)c4cccs4)C4CCN(CCc5ccccn5)CC4)n3)c2)o1. The number of aromatic nitrogens is 5. The van der Waals surface area contributed by atoms with Crippen LogP contribution in [0.3, 0.4) is 0 Å². The summed E-state index contributed by atoms with van der Waals surface area (Å²) < 4.78 is 7.39. The molecular weight excluding hydrogens is 510 g/mol. The summed E-state index contributed by atoms with van der Waals surface area (Å²) in [7, 11) is 0. The molecule has 0 radical (unpaired) electrons. The fraction of sp³-hybridized carbons (Fsp3) is 0.276. The molecule has 0 unspecified atom stereocenters. The fourth-order valence-corrected chi connectivity index (χ4v) is 5.64. The first kappa shape index (κ1) is 25.1. The van der Waals surface area contributed by atoms with Gasteiger partial charge in [-0.25, -0.2) is 4.68 Å². The first-order valence-electron chi connectivity index (χ1n) is 13.1. The maximum Gasteiger partial charge on any atom is 0.269 e. The van der Waals surface area contributed by atoms with Gasteiger partial charge in [-0.1, -0.05) is 18.2 Å². The lowest BCUT2D eigenvalue weighted by molar-refractivity contribution is 0.0963. The third-order valence-corrected chi connectivity index (χ3v) is 7.85. The molecule has 0 atom stereocenters. The summed E-state index contributed by atoms with van der Waals surface area (Å²) in [5.41, 5.74) is 2.77. The molecule has 1 aliphatic heterocycles. The van der Waals surface area contributed by atoms with E-state index < -0.39 is 0 Å². The normalized spacial score (nSPS) is 14.5. The predicted molar refractivity (Wildman–Crippen MR) is 150 cm³/mol. The van der Waals surface area contributed by atoms with E-state index in [1.807, 2.05) is 77.3 Å². The number of piperidine rings is 1. The molecule has 10 heteroatoms. The van der Waals surface area contributed by atoms with Gasteiger partial charge in [0.25, 0.3) is 5.91 Å². The Bertz CT molecular complexity index is 1520. The van der Waals surface area contributed by atoms with Crippen molar-refractivity contribution < 1.29 is 9.21 Å². The summed E-state index contributed by atoms with van der Waals surface area (Å²) in [6.45, 7) is 4.59. The summed E-state index contributed by atoms with van der Waals surface area (Å²) >= 11 is 1.46. The van der Waals surface area contributed by atoms with Crippen LogP contribution in [-0.4, -0.2) is 61.4 Å². The molecule has 1 aromatic carbocycles. The van der Waals surface area contributed by atoms with E-state index >= 15 is 0 Å². The topological polar surface area (TPSA) is 93.2 Å². The molecule has 4 aromatic heterocycles. The Morgan fingerprint density at radius 3 is 2.72 bits per heavy atom. The van der Waals surface area contributed by atoms with Crippen molar-refractivity contribution in [2.45, 2.75) is 32.2 Å². The minimum atomic E-state index is -0.00253. The van der Waals surface area contributed by atoms with Crippen molar-refractivity contribution in [3.8, 4) is 17.1 Å². The van der Waals surface area contributed by atoms with Gasteiger partial charge < -0.3 is 9.32 Å². The van der Waals surface area contributed by atoms with Crippen molar-refractivity contribution in [1.82, 2.24) is 29.9 Å². The number of carbonyl (C=O) groups is 1. The van der Waals surface area contributed by atoms with Gasteiger partial charge in [0, 0.05) is 68.7 Å². The van der Waals surface area contributed by atoms with Crippen LogP contribution in [0, 0.1) is 6.92 Å². The van der Waals surface area contributed by atoms with Crippen molar-refractivity contribution in [3.63, 3.8) is 0 Å². The Kier molecular flexibility index (Phi) is 7.29. The lowest BCUT2D eigenvalue weighted by atomic mass is 10.0. The number of hydrogen-bond donors (Lipinski definition) is 0. The molecule has 0 N–H and O–H groups in total. The molecular formula is C29H29N7O2S. The summed E-state index contributed by atoms with van der Waals surface area (Å²) in [6, 6.07) is 19.6. The predicted octanol–water partition coefficient (Wildman–Crippen LogP) is 5.04. The lowest BCUT2D eigenvalue weighted by Crippen LogP contribution is -2.48. The molecule has 0 bridgehead atoms. The highest BCUT2D eigenvalue weighted by Gasteiger charge is 2.31. The molecule has 9 nitrogen and oxygen atoms in total. The number of benzene rings is 1. The zero-order chi connectivity index (χ0) is 26.6. The Balaban J connectivity index is 1.20. The fourth-order valence-electron chi connectivity index (χ4n) is 4.98. The van der Waals surface area contributed by atoms with Crippen molar-refractivity contribution in [1.29, 1.82) is 0 Å². The van der Waals surface area contributed by atoms with Gasteiger partial charge in [0.05, 0.1) is 10.6 Å². The Labute approximate surface area is 230 Å². The van der Waals surface area contributed by atoms with E-state index in [9.17, 15) is 4.79 Å². The molecule has 5 heterocycles. The van der Waals surface area contributed by atoms with Crippen molar-refractivity contribution in [2.75, 3.05) is 24.5 Å². The number of pyridine rings is 1. The number of amides is 1. The van der Waals surface area contributed by atoms with Crippen LogP contribution >= 0.6 is 11.3 Å². The van der Waals surface area contributed by atoms with Crippen LogP contribution in [0.25, 0.3) is 17.1 Å². The van der Waals surface area contributed by atoms with Crippen molar-refractivity contribution in [2.24, 2.45) is 0 Å². The van der Waals surface area contributed by atoms with Gasteiger partial charge in [-0.2, -0.15) is 0 Å². The van der Waals surface area contributed by atoms with E-state index in [0.29, 0.717) is 17.6 Å². The number of likely N-dealkylation sites (tertiary alicyclic amines) is 1. The van der Waals surface area contributed by atoms with E-state index in [-0.39, 0.29) is 11.9 Å². The zero-order valence-corrected chi connectivity index (χ0v) is 22.5. The minimum absolute atomic E-state index is 0.00253. The highest BCUT2D eigenvalue weighted by Crippen LogP contribution is 2.28. The van der Waals surface area contributed by atoms with E-state index in [0.717, 1.165) is 60.7 Å². The Morgan fingerprint density at radius 1 is 1.08 bits per heavy atom. The van der Waals surface area contributed by atoms with Gasteiger partial charge in [-0.3, -0.25) is 14.7 Å². The first-order valence-corrected chi connectivity index (χ1v) is 14.0. The number of thiophene rings is 1. The van der Waals surface area contributed by atoms with Gasteiger partial charge in [-0.05, 0) is 54.6 Å². The van der Waals surface area contributed by atoms with Crippen molar-refractivity contribution >= 4 is 23.1 Å². The maximum atomic E-state index is 13.7. The monoisotopic (exact) mass is 539 g/mol. The summed E-state index contributed by atoms with van der Waals surface area (Å²) in [4.78, 5) is 23.2. The molecule has 1 aliphatic rings. The highest BCUT2D eigenvalue weighted by molar-refractivity contribution is 7.12. The summed E-state index contributed by atoms with van der Waals surface area (Å²) in [6.07, 6.45) is 6.44. The number of nitrogens with zero attached hydrogens (tertiary/aromatic N) is 7. The Hall–Kier alpha value is -4.15. The van der Waals surface area contributed by atoms with E-state index in [1.165, 1.54) is 11.3 Å². The van der Waals surface area contributed by atoms with Gasteiger partial charge in [0.15, 0.2) is 5.82 Å². The number of aryl methyl sites for hydroxylation is 1. The van der Waals surface area contributed by atoms with Gasteiger partial charge in [0.2, 0.25) is 11.8 Å². The second-order valence-corrected chi connectivity index (χ2v) is 10.5. The van der Waals surface area contributed by atoms with Crippen LogP contribution in [0.15, 0.2) is 82.9 Å². The molecule has 0 spiro atoms. The maximum absolute atomic E-state index is 13.7. The number of hydrogen-bond acceptors (Lipinski definition) is 8. The summed E-state index contributed by atoms with van der Waals surface area (Å²) in [5.74, 6) is 1.63. The Morgan fingerprint density at radius 2 is 1.97 bits per heavy atom. The lowest BCUT2D eigenvalue weighted by Gasteiger charge is -2.37. The average Bonchev–Trinajstić information content (AvgIpc) is 3.76. The minimum Gasteiger partial charge on any atom is -0.421 e. The smallest absolute Gasteiger partial charge is 0.269 e. The van der Waals surface area contributed by atoms with Crippen LogP contribution in [0.4, 0.5) is 5.82 Å². The molecule has 198 valence electrons. The molecule has 0 saturated carbocycles. The molecule has 1 amide bonds. The summed E-state index contributed by atoms with van der Waals surface area (Å²) in [5, 5.41) is 14.9. The number of rotatable bonds is 8. The van der Waals surface area contributed by atoms with Gasteiger partial charge in [-0.15, -0.1) is 26.6 Å². The number of carbonyl (C=O) groups excluding carboxylic acids is 1. The second kappa shape index (κ2) is 11.3. The third-order valence-electron chi connectivity index (χ3n) is 6.99. The molecule has 1 fully saturated rings. The molecule has 6 rings (SSSR count). The molecule has 0 aliphatic carbocycles.